The summed E-state index contributed by atoms with van der Waals surface area (Å²) in [7, 11) is 0. The summed E-state index contributed by atoms with van der Waals surface area (Å²) in [6, 6.07) is 18.8. The molecule has 6 heteroatoms. The van der Waals surface area contributed by atoms with Crippen molar-refractivity contribution in [2.24, 2.45) is 0 Å². The number of fused-ring (bicyclic) bond motifs is 1. The van der Waals surface area contributed by atoms with Gasteiger partial charge in [0.05, 0.1) is 16.6 Å². The maximum absolute atomic E-state index is 13.8. The molecule has 128 valence electrons. The molecule has 4 rings (SSSR count). The Morgan fingerprint density at radius 3 is 2.58 bits per heavy atom. The van der Waals surface area contributed by atoms with Crippen LogP contribution in [0.15, 0.2) is 66.7 Å². The van der Waals surface area contributed by atoms with Gasteiger partial charge in [0.1, 0.15) is 11.6 Å². The minimum atomic E-state index is -0.620. The van der Waals surface area contributed by atoms with E-state index >= 15 is 0 Å². The molecule has 0 bridgehead atoms. The van der Waals surface area contributed by atoms with Gasteiger partial charge in [-0.1, -0.05) is 23.7 Å². The predicted molar refractivity (Wildman–Crippen MR) is 101 cm³/mol. The molecule has 0 unspecified atom stereocenters. The number of carbonyl (C=O) groups excluding carboxylic acids is 1. The van der Waals surface area contributed by atoms with Crippen LogP contribution in [0, 0.1) is 5.82 Å². The number of imidazole rings is 1. The minimum Gasteiger partial charge on any atom is -0.338 e. The van der Waals surface area contributed by atoms with E-state index in [1.54, 1.807) is 12.1 Å². The Morgan fingerprint density at radius 1 is 1.04 bits per heavy atom. The predicted octanol–water partition coefficient (Wildman–Crippen LogP) is 5.27. The SMILES string of the molecule is O=C(Nc1ccc(-c2nc3ccccc3[nH]2)cc1)c1cc(Cl)ccc1F. The zero-order valence-corrected chi connectivity index (χ0v) is 14.2. The normalized spacial score (nSPS) is 10.8. The lowest BCUT2D eigenvalue weighted by atomic mass is 10.1. The summed E-state index contributed by atoms with van der Waals surface area (Å²) < 4.78 is 13.8. The average molecular weight is 366 g/mol. The van der Waals surface area contributed by atoms with Gasteiger partial charge in [0.2, 0.25) is 0 Å². The Hall–Kier alpha value is -3.18. The molecule has 0 radical (unpaired) electrons. The highest BCUT2D eigenvalue weighted by Crippen LogP contribution is 2.23. The monoisotopic (exact) mass is 365 g/mol. The molecule has 0 aliphatic heterocycles. The van der Waals surface area contributed by atoms with Crippen molar-refractivity contribution in [3.05, 3.63) is 83.1 Å². The van der Waals surface area contributed by atoms with E-state index < -0.39 is 11.7 Å². The van der Waals surface area contributed by atoms with Crippen LogP contribution in [0.25, 0.3) is 22.4 Å². The number of anilines is 1. The molecule has 4 aromatic rings. The van der Waals surface area contributed by atoms with Crippen LogP contribution in [0.2, 0.25) is 5.02 Å². The zero-order chi connectivity index (χ0) is 18.1. The molecular formula is C20H13ClFN3O. The van der Waals surface area contributed by atoms with Crippen molar-refractivity contribution in [2.45, 2.75) is 0 Å². The summed E-state index contributed by atoms with van der Waals surface area (Å²) in [5.41, 5.74) is 3.17. The van der Waals surface area contributed by atoms with Crippen LogP contribution >= 0.6 is 11.6 Å². The van der Waals surface area contributed by atoms with E-state index in [4.69, 9.17) is 11.6 Å². The van der Waals surface area contributed by atoms with E-state index in [9.17, 15) is 9.18 Å². The summed E-state index contributed by atoms with van der Waals surface area (Å²) in [4.78, 5) is 20.0. The number of benzene rings is 3. The third-order valence-electron chi connectivity index (χ3n) is 3.98. The number of hydrogen-bond acceptors (Lipinski definition) is 2. The second kappa shape index (κ2) is 6.61. The number of rotatable bonds is 3. The van der Waals surface area contributed by atoms with E-state index in [0.29, 0.717) is 10.7 Å². The van der Waals surface area contributed by atoms with Gasteiger partial charge < -0.3 is 10.3 Å². The number of nitrogens with zero attached hydrogens (tertiary/aromatic N) is 1. The molecule has 2 N–H and O–H groups in total. The van der Waals surface area contributed by atoms with Crippen molar-refractivity contribution in [3.8, 4) is 11.4 Å². The Labute approximate surface area is 153 Å². The maximum atomic E-state index is 13.8. The van der Waals surface area contributed by atoms with Crippen LogP contribution in [-0.2, 0) is 0 Å². The molecule has 4 nitrogen and oxygen atoms in total. The van der Waals surface area contributed by atoms with Gasteiger partial charge in [-0.15, -0.1) is 0 Å². The van der Waals surface area contributed by atoms with Gasteiger partial charge in [-0.2, -0.15) is 0 Å². The average Bonchev–Trinajstić information content (AvgIpc) is 3.08. The van der Waals surface area contributed by atoms with Gasteiger partial charge >= 0.3 is 0 Å². The smallest absolute Gasteiger partial charge is 0.258 e. The second-order valence-corrected chi connectivity index (χ2v) is 6.19. The standard InChI is InChI=1S/C20H13ClFN3O/c21-13-7-10-16(22)15(11-13)20(26)23-14-8-5-12(6-9-14)19-24-17-3-1-2-4-18(17)25-19/h1-11H,(H,23,26)(H,24,25). The topological polar surface area (TPSA) is 57.8 Å². The first-order valence-corrected chi connectivity index (χ1v) is 8.29. The van der Waals surface area contributed by atoms with Crippen molar-refractivity contribution < 1.29 is 9.18 Å². The number of nitrogens with one attached hydrogen (secondary N) is 2. The van der Waals surface area contributed by atoms with Gasteiger partial charge in [-0.25, -0.2) is 9.37 Å². The maximum Gasteiger partial charge on any atom is 0.258 e. The molecule has 1 aromatic heterocycles. The lowest BCUT2D eigenvalue weighted by molar-refractivity contribution is 0.102. The molecule has 26 heavy (non-hydrogen) atoms. The zero-order valence-electron chi connectivity index (χ0n) is 13.5. The Balaban J connectivity index is 1.56. The van der Waals surface area contributed by atoms with E-state index in [0.717, 1.165) is 22.4 Å². The molecular weight excluding hydrogens is 353 g/mol. The number of halogens is 2. The number of hydrogen-bond donors (Lipinski definition) is 2. The van der Waals surface area contributed by atoms with Crippen LogP contribution in [0.3, 0.4) is 0 Å². The van der Waals surface area contributed by atoms with Crippen molar-refractivity contribution >= 4 is 34.2 Å². The number of H-pyrrole nitrogens is 1. The first-order valence-electron chi connectivity index (χ1n) is 7.92. The number of aromatic nitrogens is 2. The first kappa shape index (κ1) is 16.3. The quantitative estimate of drug-likeness (QED) is 0.519. The minimum absolute atomic E-state index is 0.0983. The highest BCUT2D eigenvalue weighted by Gasteiger charge is 2.13. The Morgan fingerprint density at radius 2 is 1.81 bits per heavy atom. The molecule has 1 heterocycles. The molecule has 0 saturated carbocycles. The number of aromatic amines is 1. The second-order valence-electron chi connectivity index (χ2n) is 5.76. The molecule has 0 aliphatic carbocycles. The van der Waals surface area contributed by atoms with E-state index in [-0.39, 0.29) is 5.56 Å². The van der Waals surface area contributed by atoms with E-state index in [1.807, 2.05) is 36.4 Å². The molecule has 0 spiro atoms. The van der Waals surface area contributed by atoms with Gasteiger partial charge in [0.25, 0.3) is 5.91 Å². The Kier molecular flexibility index (Phi) is 4.14. The fourth-order valence-electron chi connectivity index (χ4n) is 2.67. The molecule has 3 aromatic carbocycles. The summed E-state index contributed by atoms with van der Waals surface area (Å²) in [6.45, 7) is 0. The molecule has 1 amide bonds. The highest BCUT2D eigenvalue weighted by atomic mass is 35.5. The van der Waals surface area contributed by atoms with E-state index in [2.05, 4.69) is 15.3 Å². The largest absolute Gasteiger partial charge is 0.338 e. The third-order valence-corrected chi connectivity index (χ3v) is 4.21. The van der Waals surface area contributed by atoms with Gasteiger partial charge in [0.15, 0.2) is 0 Å². The fraction of sp³-hybridized carbons (Fsp3) is 0. The Bertz CT molecular complexity index is 1070. The van der Waals surface area contributed by atoms with Crippen LogP contribution < -0.4 is 5.32 Å². The summed E-state index contributed by atoms with van der Waals surface area (Å²) in [6.07, 6.45) is 0. The van der Waals surface area contributed by atoms with E-state index in [1.165, 1.54) is 18.2 Å². The summed E-state index contributed by atoms with van der Waals surface area (Å²) in [5, 5.41) is 2.97. The number of amides is 1. The lowest BCUT2D eigenvalue weighted by Crippen LogP contribution is -2.13. The number of para-hydroxylation sites is 2. The highest BCUT2D eigenvalue weighted by molar-refractivity contribution is 6.31. The first-order chi connectivity index (χ1) is 12.6. The molecule has 0 saturated heterocycles. The lowest BCUT2D eigenvalue weighted by Gasteiger charge is -2.07. The molecule has 0 fully saturated rings. The fourth-order valence-corrected chi connectivity index (χ4v) is 2.84. The van der Waals surface area contributed by atoms with Crippen LogP contribution in [0.1, 0.15) is 10.4 Å². The summed E-state index contributed by atoms with van der Waals surface area (Å²) in [5.74, 6) is -0.433. The van der Waals surface area contributed by atoms with Gasteiger partial charge in [0, 0.05) is 16.3 Å². The number of carbonyl (C=O) groups is 1. The van der Waals surface area contributed by atoms with Crippen LogP contribution in [0.5, 0.6) is 0 Å². The van der Waals surface area contributed by atoms with Crippen molar-refractivity contribution in [3.63, 3.8) is 0 Å². The van der Waals surface area contributed by atoms with Crippen LogP contribution in [0.4, 0.5) is 10.1 Å². The third kappa shape index (κ3) is 3.17. The molecule has 0 aliphatic rings. The molecule has 0 atom stereocenters. The summed E-state index contributed by atoms with van der Waals surface area (Å²) >= 11 is 5.83. The van der Waals surface area contributed by atoms with Gasteiger partial charge in [-0.05, 0) is 54.6 Å². The van der Waals surface area contributed by atoms with Gasteiger partial charge in [-0.3, -0.25) is 4.79 Å². The van der Waals surface area contributed by atoms with Crippen molar-refractivity contribution in [2.75, 3.05) is 5.32 Å². The van der Waals surface area contributed by atoms with Crippen molar-refractivity contribution in [1.82, 2.24) is 9.97 Å². The van der Waals surface area contributed by atoms with Crippen molar-refractivity contribution in [1.29, 1.82) is 0 Å². The van der Waals surface area contributed by atoms with Crippen LogP contribution in [-0.4, -0.2) is 15.9 Å².